The number of epoxide rings is 1. The summed E-state index contributed by atoms with van der Waals surface area (Å²) < 4.78 is 22.7. The predicted octanol–water partition coefficient (Wildman–Crippen LogP) is 4.15. The number of anilines is 1. The number of aliphatic hydroxyl groups is 1. The Kier molecular flexibility index (Phi) is 8.14. The zero-order valence-corrected chi connectivity index (χ0v) is 23.5. The maximum atomic E-state index is 13.2. The minimum atomic E-state index is -1.66. The second kappa shape index (κ2) is 10.9. The van der Waals surface area contributed by atoms with E-state index in [1.807, 2.05) is 39.0 Å². The van der Waals surface area contributed by atoms with Crippen molar-refractivity contribution in [3.63, 3.8) is 0 Å². The van der Waals surface area contributed by atoms with Gasteiger partial charge in [0.15, 0.2) is 5.72 Å². The van der Waals surface area contributed by atoms with Crippen molar-refractivity contribution in [2.75, 3.05) is 26.2 Å². The molecule has 1 aromatic rings. The largest absolute Gasteiger partial charge is 0.495 e. The van der Waals surface area contributed by atoms with Gasteiger partial charge in [-0.3, -0.25) is 10.1 Å². The molecule has 38 heavy (non-hydrogen) atoms. The molecule has 2 fully saturated rings. The number of nitrogens with zero attached hydrogens (tertiary/aromatic N) is 1. The number of nitrogens with one attached hydrogen (secondary N) is 1. The molecule has 0 unspecified atom stereocenters. The van der Waals surface area contributed by atoms with Gasteiger partial charge in [-0.15, -0.1) is 0 Å². The molecular weight excluding hydrogens is 512 g/mol. The zero-order valence-electron chi connectivity index (χ0n) is 22.7. The first-order valence-corrected chi connectivity index (χ1v) is 13.2. The summed E-state index contributed by atoms with van der Waals surface area (Å²) in [5.74, 6) is 0.170. The molecule has 3 aliphatic heterocycles. The summed E-state index contributed by atoms with van der Waals surface area (Å²) in [5, 5.41) is 14.3. The number of methoxy groups -OCH3 is 2. The Balaban J connectivity index is 1.71. The van der Waals surface area contributed by atoms with Crippen molar-refractivity contribution in [1.29, 1.82) is 0 Å². The van der Waals surface area contributed by atoms with Crippen LogP contribution in [0.5, 0.6) is 5.75 Å². The SMILES string of the molecule is COc1cc2cc(c1Cl)N(C)C(=O)CC[C@]1(C)O[C@H]1[C@H](C)[C@@H]1C[C@@](O)(NC(=O)O1)[C@H](OC)C=CC=C(C)C2. The number of benzene rings is 1. The van der Waals surface area contributed by atoms with Crippen molar-refractivity contribution in [3.8, 4) is 5.75 Å². The lowest BCUT2D eigenvalue weighted by Gasteiger charge is -2.42. The van der Waals surface area contributed by atoms with Crippen molar-refractivity contribution < 1.29 is 33.6 Å². The third kappa shape index (κ3) is 5.71. The first-order chi connectivity index (χ1) is 17.9. The van der Waals surface area contributed by atoms with Crippen LogP contribution in [-0.2, 0) is 25.4 Å². The first-order valence-electron chi connectivity index (χ1n) is 12.8. The molecule has 0 aromatic heterocycles. The van der Waals surface area contributed by atoms with Crippen LogP contribution in [0, 0.1) is 5.92 Å². The number of halogens is 1. The van der Waals surface area contributed by atoms with E-state index in [4.69, 9.17) is 30.5 Å². The Labute approximate surface area is 228 Å². The molecule has 4 bridgehead atoms. The summed E-state index contributed by atoms with van der Waals surface area (Å²) in [7, 11) is 4.73. The molecule has 2 N–H and O–H groups in total. The van der Waals surface area contributed by atoms with Crippen molar-refractivity contribution in [3.05, 3.63) is 46.5 Å². The van der Waals surface area contributed by atoms with Crippen LogP contribution in [0.2, 0.25) is 5.02 Å². The summed E-state index contributed by atoms with van der Waals surface area (Å²) in [6.07, 6.45) is 4.46. The highest BCUT2D eigenvalue weighted by atomic mass is 35.5. The summed E-state index contributed by atoms with van der Waals surface area (Å²) in [6.45, 7) is 5.85. The van der Waals surface area contributed by atoms with Crippen LogP contribution in [0.15, 0.2) is 35.9 Å². The third-order valence-corrected chi connectivity index (χ3v) is 8.22. The fourth-order valence-corrected chi connectivity index (χ4v) is 5.78. The van der Waals surface area contributed by atoms with Crippen molar-refractivity contribution in [2.24, 2.45) is 5.92 Å². The number of amides is 2. The van der Waals surface area contributed by atoms with Crippen molar-refractivity contribution >= 4 is 29.3 Å². The third-order valence-electron chi connectivity index (χ3n) is 7.84. The molecule has 2 amide bonds. The topological polar surface area (TPSA) is 110 Å². The van der Waals surface area contributed by atoms with Crippen LogP contribution in [0.25, 0.3) is 0 Å². The van der Waals surface area contributed by atoms with E-state index in [2.05, 4.69) is 5.32 Å². The van der Waals surface area contributed by atoms with Gasteiger partial charge in [0.05, 0.1) is 24.5 Å². The highest BCUT2D eigenvalue weighted by Gasteiger charge is 2.58. The number of alkyl carbamates (subject to hydrolysis) is 1. The number of hydrogen-bond acceptors (Lipinski definition) is 7. The van der Waals surface area contributed by atoms with Crippen molar-refractivity contribution in [1.82, 2.24) is 5.32 Å². The van der Waals surface area contributed by atoms with Crippen LogP contribution in [0.1, 0.15) is 45.6 Å². The van der Waals surface area contributed by atoms with Gasteiger partial charge in [0.2, 0.25) is 5.91 Å². The molecular formula is C28H37ClN2O7. The van der Waals surface area contributed by atoms with E-state index in [1.54, 1.807) is 31.2 Å². The van der Waals surface area contributed by atoms with E-state index < -0.39 is 29.6 Å². The summed E-state index contributed by atoms with van der Waals surface area (Å²) in [6, 6.07) is 3.76. The lowest BCUT2D eigenvalue weighted by molar-refractivity contribution is -0.142. The Morgan fingerprint density at radius 3 is 2.68 bits per heavy atom. The van der Waals surface area contributed by atoms with Gasteiger partial charge in [-0.05, 0) is 44.4 Å². The predicted molar refractivity (Wildman–Crippen MR) is 143 cm³/mol. The monoisotopic (exact) mass is 548 g/mol. The van der Waals surface area contributed by atoms with Gasteiger partial charge >= 0.3 is 6.09 Å². The standard InChI is InChI=1S/C28H37ClN2O7/c1-16-8-7-9-22(36-6)28(34)15-21(37-26(33)30-28)17(2)25-27(3,38-25)11-10-23(32)31(4)19-13-18(12-16)14-20(35-5)24(19)29/h7-9,13-14,17,21-22,25,34H,10-12,15H2,1-6H3,(H,30,33)/t17-,21+,22-,25+,27+,28+/m1/s1. The van der Waals surface area contributed by atoms with Gasteiger partial charge in [0.25, 0.3) is 0 Å². The van der Waals surface area contributed by atoms with E-state index in [1.165, 1.54) is 7.11 Å². The second-order valence-corrected chi connectivity index (χ2v) is 11.1. The average Bonchev–Trinajstić information content (AvgIpc) is 3.55. The Morgan fingerprint density at radius 2 is 2.00 bits per heavy atom. The minimum Gasteiger partial charge on any atom is -0.495 e. The van der Waals surface area contributed by atoms with Crippen molar-refractivity contribution in [2.45, 2.75) is 76.1 Å². The summed E-state index contributed by atoms with van der Waals surface area (Å²) in [4.78, 5) is 27.2. The zero-order chi connectivity index (χ0) is 27.8. The van der Waals surface area contributed by atoms with E-state index in [0.29, 0.717) is 29.3 Å². The minimum absolute atomic E-state index is 0.104. The van der Waals surface area contributed by atoms with E-state index in [-0.39, 0.29) is 30.8 Å². The molecule has 3 heterocycles. The summed E-state index contributed by atoms with van der Waals surface area (Å²) in [5.41, 5.74) is 0.297. The maximum Gasteiger partial charge on any atom is 0.409 e. The molecule has 0 spiro atoms. The number of carbonyl (C=O) groups is 2. The maximum absolute atomic E-state index is 13.2. The van der Waals surface area contributed by atoms with Crippen LogP contribution < -0.4 is 15.0 Å². The lowest BCUT2D eigenvalue weighted by atomic mass is 9.84. The highest BCUT2D eigenvalue weighted by Crippen LogP contribution is 2.48. The molecule has 3 aliphatic rings. The Morgan fingerprint density at radius 1 is 1.26 bits per heavy atom. The number of carbonyl (C=O) groups excluding carboxylic acids is 2. The normalized spacial score (nSPS) is 34.1. The molecule has 0 radical (unpaired) electrons. The number of hydrogen-bond donors (Lipinski definition) is 2. The van der Waals surface area contributed by atoms with Gasteiger partial charge < -0.3 is 29.0 Å². The number of allylic oxidation sites excluding steroid dienone is 3. The quantitative estimate of drug-likeness (QED) is 0.534. The van der Waals surface area contributed by atoms with Gasteiger partial charge in [-0.2, -0.15) is 0 Å². The molecule has 6 atom stereocenters. The fourth-order valence-electron chi connectivity index (χ4n) is 5.46. The number of fused-ring (bicyclic) bond motifs is 5. The van der Waals surface area contributed by atoms with Gasteiger partial charge in [-0.1, -0.05) is 42.3 Å². The van der Waals surface area contributed by atoms with E-state index >= 15 is 0 Å². The molecule has 2 saturated heterocycles. The van der Waals surface area contributed by atoms with Gasteiger partial charge in [0, 0.05) is 32.9 Å². The Bertz CT molecular complexity index is 1150. The smallest absolute Gasteiger partial charge is 0.409 e. The van der Waals surface area contributed by atoms with Crippen LogP contribution in [-0.4, -0.2) is 68.0 Å². The van der Waals surface area contributed by atoms with Crippen LogP contribution in [0.3, 0.4) is 0 Å². The molecule has 1 aromatic carbocycles. The first kappa shape index (κ1) is 28.4. The molecule has 208 valence electrons. The van der Waals surface area contributed by atoms with Crippen LogP contribution in [0.4, 0.5) is 10.5 Å². The molecule has 0 aliphatic carbocycles. The summed E-state index contributed by atoms with van der Waals surface area (Å²) >= 11 is 6.61. The highest BCUT2D eigenvalue weighted by molar-refractivity contribution is 6.35. The number of rotatable bonds is 2. The molecule has 0 saturated carbocycles. The van der Waals surface area contributed by atoms with Gasteiger partial charge in [-0.25, -0.2) is 4.79 Å². The molecule has 10 heteroatoms. The Hall–Kier alpha value is -2.59. The van der Waals surface area contributed by atoms with E-state index in [9.17, 15) is 14.7 Å². The molecule has 4 rings (SSSR count). The fraction of sp³-hybridized carbons (Fsp3) is 0.571. The number of ether oxygens (including phenoxy) is 4. The van der Waals surface area contributed by atoms with Gasteiger partial charge in [0.1, 0.15) is 23.0 Å². The average molecular weight is 549 g/mol. The molecule has 9 nitrogen and oxygen atoms in total. The van der Waals surface area contributed by atoms with Crippen LogP contribution >= 0.6 is 11.6 Å². The lowest BCUT2D eigenvalue weighted by Crippen LogP contribution is -2.63. The van der Waals surface area contributed by atoms with E-state index in [0.717, 1.165) is 11.1 Å². The second-order valence-electron chi connectivity index (χ2n) is 10.7.